The summed E-state index contributed by atoms with van der Waals surface area (Å²) in [6, 6.07) is 20.3. The van der Waals surface area contributed by atoms with E-state index in [9.17, 15) is 9.18 Å². The highest BCUT2D eigenvalue weighted by atomic mass is 19.1. The molecule has 0 aliphatic carbocycles. The molecule has 0 unspecified atom stereocenters. The quantitative estimate of drug-likeness (QED) is 0.445. The van der Waals surface area contributed by atoms with Gasteiger partial charge in [-0.05, 0) is 49.4 Å². The fraction of sp³-hybridized carbons (Fsp3) is 0.0435. The summed E-state index contributed by atoms with van der Waals surface area (Å²) in [5, 5.41) is 5.40. The standard InChI is InChI=1S/C23H18FN3O2/c1-15-5-7-16(8-6-15)21-14-29-22(27-21)17-3-2-4-20(13-17)26-23(28)25-19-11-9-18(24)10-12-19/h2-14H,1H3,(H2,25,26,28). The number of carbonyl (C=O) groups is 1. The van der Waals surface area contributed by atoms with E-state index >= 15 is 0 Å². The lowest BCUT2D eigenvalue weighted by Gasteiger charge is -2.08. The van der Waals surface area contributed by atoms with E-state index in [2.05, 4.69) is 15.6 Å². The molecule has 2 N–H and O–H groups in total. The normalized spacial score (nSPS) is 10.6. The average molecular weight is 387 g/mol. The Labute approximate surface area is 167 Å². The Kier molecular flexibility index (Phi) is 5.07. The Balaban J connectivity index is 1.48. The van der Waals surface area contributed by atoms with Crippen molar-refractivity contribution in [3.05, 3.63) is 90.4 Å². The Morgan fingerprint density at radius 3 is 2.38 bits per heavy atom. The highest BCUT2D eigenvalue weighted by molar-refractivity contribution is 6.00. The molecule has 0 fully saturated rings. The van der Waals surface area contributed by atoms with Crippen LogP contribution in [-0.2, 0) is 0 Å². The van der Waals surface area contributed by atoms with E-state index in [4.69, 9.17) is 4.42 Å². The number of aromatic nitrogens is 1. The number of nitrogens with zero attached hydrogens (tertiary/aromatic N) is 1. The van der Waals surface area contributed by atoms with Gasteiger partial charge in [0, 0.05) is 22.5 Å². The van der Waals surface area contributed by atoms with Gasteiger partial charge in [0.1, 0.15) is 17.8 Å². The number of aryl methyl sites for hydroxylation is 1. The van der Waals surface area contributed by atoms with E-state index in [1.54, 1.807) is 24.5 Å². The van der Waals surface area contributed by atoms with Gasteiger partial charge in [-0.3, -0.25) is 0 Å². The molecule has 2 amide bonds. The van der Waals surface area contributed by atoms with E-state index in [0.29, 0.717) is 17.3 Å². The van der Waals surface area contributed by atoms with Crippen molar-refractivity contribution in [2.24, 2.45) is 0 Å². The molecule has 4 aromatic rings. The third kappa shape index (κ3) is 4.50. The molecule has 29 heavy (non-hydrogen) atoms. The van der Waals surface area contributed by atoms with Crippen molar-refractivity contribution < 1.29 is 13.6 Å². The molecule has 0 saturated heterocycles. The number of benzene rings is 3. The molecule has 0 bridgehead atoms. The number of hydrogen-bond acceptors (Lipinski definition) is 3. The van der Waals surface area contributed by atoms with E-state index < -0.39 is 6.03 Å². The summed E-state index contributed by atoms with van der Waals surface area (Å²) in [6.45, 7) is 2.03. The van der Waals surface area contributed by atoms with Crippen LogP contribution in [-0.4, -0.2) is 11.0 Å². The van der Waals surface area contributed by atoms with Gasteiger partial charge in [-0.1, -0.05) is 35.9 Å². The predicted octanol–water partition coefficient (Wildman–Crippen LogP) is 6.10. The summed E-state index contributed by atoms with van der Waals surface area (Å²) in [5.41, 5.74) is 4.71. The van der Waals surface area contributed by atoms with Crippen LogP contribution in [0.4, 0.5) is 20.6 Å². The maximum absolute atomic E-state index is 13.0. The zero-order chi connectivity index (χ0) is 20.2. The van der Waals surface area contributed by atoms with Gasteiger partial charge in [-0.2, -0.15) is 0 Å². The van der Waals surface area contributed by atoms with Crippen LogP contribution in [0.2, 0.25) is 0 Å². The van der Waals surface area contributed by atoms with E-state index in [0.717, 1.165) is 16.8 Å². The van der Waals surface area contributed by atoms with E-state index in [-0.39, 0.29) is 5.82 Å². The molecule has 0 radical (unpaired) electrons. The minimum absolute atomic E-state index is 0.361. The Morgan fingerprint density at radius 1 is 0.897 bits per heavy atom. The van der Waals surface area contributed by atoms with Gasteiger partial charge in [-0.25, -0.2) is 14.2 Å². The summed E-state index contributed by atoms with van der Waals surface area (Å²) in [4.78, 5) is 16.7. The Hall–Kier alpha value is -3.93. The topological polar surface area (TPSA) is 67.2 Å². The molecule has 1 heterocycles. The second-order valence-corrected chi connectivity index (χ2v) is 6.57. The third-order valence-electron chi connectivity index (χ3n) is 4.32. The molecule has 6 heteroatoms. The largest absolute Gasteiger partial charge is 0.444 e. The summed E-state index contributed by atoms with van der Waals surface area (Å²) in [5.74, 6) is 0.0998. The van der Waals surface area contributed by atoms with Crippen LogP contribution in [0.5, 0.6) is 0 Å². The molecule has 0 aliphatic rings. The van der Waals surface area contributed by atoms with Gasteiger partial charge >= 0.3 is 6.03 Å². The SMILES string of the molecule is Cc1ccc(-c2coc(-c3cccc(NC(=O)Nc4ccc(F)cc4)c3)n2)cc1. The van der Waals surface area contributed by atoms with Crippen molar-refractivity contribution in [2.45, 2.75) is 6.92 Å². The molecule has 0 aliphatic heterocycles. The average Bonchev–Trinajstić information content (AvgIpc) is 3.21. The van der Waals surface area contributed by atoms with Gasteiger partial charge in [0.15, 0.2) is 0 Å². The van der Waals surface area contributed by atoms with Crippen LogP contribution >= 0.6 is 0 Å². The number of rotatable bonds is 4. The number of carbonyl (C=O) groups excluding carboxylic acids is 1. The number of nitrogens with one attached hydrogen (secondary N) is 2. The zero-order valence-electron chi connectivity index (χ0n) is 15.6. The Morgan fingerprint density at radius 2 is 1.62 bits per heavy atom. The second-order valence-electron chi connectivity index (χ2n) is 6.57. The van der Waals surface area contributed by atoms with Crippen molar-refractivity contribution in [2.75, 3.05) is 10.6 Å². The first-order chi connectivity index (χ1) is 14.1. The molecular weight excluding hydrogens is 369 g/mol. The minimum atomic E-state index is -0.429. The minimum Gasteiger partial charge on any atom is -0.444 e. The first-order valence-electron chi connectivity index (χ1n) is 9.03. The lowest BCUT2D eigenvalue weighted by Crippen LogP contribution is -2.19. The molecular formula is C23H18FN3O2. The van der Waals surface area contributed by atoms with Gasteiger partial charge in [0.05, 0.1) is 0 Å². The lowest BCUT2D eigenvalue weighted by molar-refractivity contribution is 0.262. The van der Waals surface area contributed by atoms with Crippen LogP contribution in [0.1, 0.15) is 5.56 Å². The van der Waals surface area contributed by atoms with Crippen molar-refractivity contribution >= 4 is 17.4 Å². The van der Waals surface area contributed by atoms with Crippen molar-refractivity contribution in [1.82, 2.24) is 4.98 Å². The highest BCUT2D eigenvalue weighted by Gasteiger charge is 2.10. The summed E-state index contributed by atoms with van der Waals surface area (Å²) >= 11 is 0. The predicted molar refractivity (Wildman–Crippen MR) is 111 cm³/mol. The third-order valence-corrected chi connectivity index (χ3v) is 4.32. The molecule has 0 saturated carbocycles. The summed E-state index contributed by atoms with van der Waals surface area (Å²) in [7, 11) is 0. The van der Waals surface area contributed by atoms with Crippen LogP contribution in [0.25, 0.3) is 22.7 Å². The number of amides is 2. The van der Waals surface area contributed by atoms with Crippen LogP contribution in [0.15, 0.2) is 83.5 Å². The van der Waals surface area contributed by atoms with Crippen molar-refractivity contribution in [3.8, 4) is 22.7 Å². The van der Waals surface area contributed by atoms with Gasteiger partial charge in [0.2, 0.25) is 5.89 Å². The molecule has 3 aromatic carbocycles. The molecule has 144 valence electrons. The van der Waals surface area contributed by atoms with Crippen LogP contribution in [0.3, 0.4) is 0 Å². The van der Waals surface area contributed by atoms with Gasteiger partial charge in [-0.15, -0.1) is 0 Å². The maximum atomic E-state index is 13.0. The number of halogens is 1. The smallest absolute Gasteiger partial charge is 0.323 e. The highest BCUT2D eigenvalue weighted by Crippen LogP contribution is 2.26. The summed E-state index contributed by atoms with van der Waals surface area (Å²) in [6.07, 6.45) is 1.61. The molecule has 1 aromatic heterocycles. The lowest BCUT2D eigenvalue weighted by atomic mass is 10.1. The van der Waals surface area contributed by atoms with Crippen molar-refractivity contribution in [3.63, 3.8) is 0 Å². The first kappa shape index (κ1) is 18.4. The Bertz CT molecular complexity index is 1140. The first-order valence-corrected chi connectivity index (χ1v) is 9.03. The number of anilines is 2. The van der Waals surface area contributed by atoms with E-state index in [1.807, 2.05) is 37.3 Å². The fourth-order valence-electron chi connectivity index (χ4n) is 2.82. The number of urea groups is 1. The number of oxazole rings is 1. The molecule has 4 rings (SSSR count). The van der Waals surface area contributed by atoms with Gasteiger partial charge < -0.3 is 15.1 Å². The van der Waals surface area contributed by atoms with Crippen LogP contribution < -0.4 is 10.6 Å². The monoisotopic (exact) mass is 387 g/mol. The van der Waals surface area contributed by atoms with Crippen molar-refractivity contribution in [1.29, 1.82) is 0 Å². The zero-order valence-corrected chi connectivity index (χ0v) is 15.6. The molecule has 5 nitrogen and oxygen atoms in total. The number of hydrogen-bond donors (Lipinski definition) is 2. The van der Waals surface area contributed by atoms with Crippen LogP contribution in [0, 0.1) is 12.7 Å². The van der Waals surface area contributed by atoms with E-state index in [1.165, 1.54) is 29.8 Å². The summed E-state index contributed by atoms with van der Waals surface area (Å²) < 4.78 is 18.6. The molecule has 0 atom stereocenters. The van der Waals surface area contributed by atoms with Gasteiger partial charge in [0.25, 0.3) is 0 Å². The molecule has 0 spiro atoms. The second kappa shape index (κ2) is 7.98. The maximum Gasteiger partial charge on any atom is 0.323 e. The fourth-order valence-corrected chi connectivity index (χ4v) is 2.82.